The van der Waals surface area contributed by atoms with Crippen LogP contribution in [0.15, 0.2) is 18.2 Å². The quantitative estimate of drug-likeness (QED) is 0.838. The number of rotatable bonds is 2. The summed E-state index contributed by atoms with van der Waals surface area (Å²) in [5, 5.41) is 0. The van der Waals surface area contributed by atoms with Gasteiger partial charge in [-0.1, -0.05) is 6.07 Å². The van der Waals surface area contributed by atoms with Gasteiger partial charge in [0, 0.05) is 26.1 Å². The van der Waals surface area contributed by atoms with Crippen LogP contribution in [-0.4, -0.2) is 49.2 Å². The monoisotopic (exact) mass is 316 g/mol. The van der Waals surface area contributed by atoms with Gasteiger partial charge in [0.2, 0.25) is 12.7 Å². The second-order valence-electron chi connectivity index (χ2n) is 7.07. The zero-order valence-corrected chi connectivity index (χ0v) is 13.7. The van der Waals surface area contributed by atoms with Crippen LogP contribution < -0.4 is 9.47 Å². The lowest BCUT2D eigenvalue weighted by molar-refractivity contribution is -0.132. The van der Waals surface area contributed by atoms with Gasteiger partial charge in [-0.05, 0) is 56.0 Å². The Kier molecular flexibility index (Phi) is 3.89. The Morgan fingerprint density at radius 3 is 2.87 bits per heavy atom. The molecule has 124 valence electrons. The number of fused-ring (bicyclic) bond motifs is 2. The summed E-state index contributed by atoms with van der Waals surface area (Å²) in [6, 6.07) is 5.97. The molecule has 0 N–H and O–H groups in total. The highest BCUT2D eigenvalue weighted by Gasteiger charge is 2.34. The second-order valence-corrected chi connectivity index (χ2v) is 7.07. The van der Waals surface area contributed by atoms with Gasteiger partial charge >= 0.3 is 0 Å². The van der Waals surface area contributed by atoms with E-state index >= 15 is 0 Å². The highest BCUT2D eigenvalue weighted by atomic mass is 16.7. The van der Waals surface area contributed by atoms with Gasteiger partial charge < -0.3 is 19.3 Å². The summed E-state index contributed by atoms with van der Waals surface area (Å²) in [5.41, 5.74) is 1.12. The largest absolute Gasteiger partial charge is 0.454 e. The van der Waals surface area contributed by atoms with E-state index in [1.807, 2.05) is 23.1 Å². The van der Waals surface area contributed by atoms with Gasteiger partial charge in [0.15, 0.2) is 11.5 Å². The predicted molar refractivity (Wildman–Crippen MR) is 86.3 cm³/mol. The maximum atomic E-state index is 12.6. The summed E-state index contributed by atoms with van der Waals surface area (Å²) < 4.78 is 10.8. The molecule has 2 fully saturated rings. The van der Waals surface area contributed by atoms with Gasteiger partial charge in [-0.3, -0.25) is 4.79 Å². The third-order valence-electron chi connectivity index (χ3n) is 5.46. The van der Waals surface area contributed by atoms with E-state index in [2.05, 4.69) is 11.9 Å². The number of ether oxygens (including phenoxy) is 2. The molecule has 1 amide bonds. The lowest BCUT2D eigenvalue weighted by Crippen LogP contribution is -2.38. The van der Waals surface area contributed by atoms with E-state index in [9.17, 15) is 4.79 Å². The number of benzene rings is 1. The predicted octanol–water partition coefficient (Wildman–Crippen LogP) is 2.11. The SMILES string of the molecule is CN1CCC2CC(=O)N(Cc3ccc4c(c3)OCO4)CCC2C1. The maximum absolute atomic E-state index is 12.6. The molecule has 0 spiro atoms. The van der Waals surface area contributed by atoms with E-state index in [4.69, 9.17) is 9.47 Å². The van der Waals surface area contributed by atoms with Crippen molar-refractivity contribution in [3.63, 3.8) is 0 Å². The van der Waals surface area contributed by atoms with Crippen molar-refractivity contribution >= 4 is 5.91 Å². The minimum Gasteiger partial charge on any atom is -0.454 e. The fraction of sp³-hybridized carbons (Fsp3) is 0.611. The summed E-state index contributed by atoms with van der Waals surface area (Å²) in [7, 11) is 2.19. The van der Waals surface area contributed by atoms with Gasteiger partial charge in [-0.2, -0.15) is 0 Å². The third-order valence-corrected chi connectivity index (χ3v) is 5.46. The van der Waals surface area contributed by atoms with Crippen molar-refractivity contribution in [3.05, 3.63) is 23.8 Å². The molecule has 0 bridgehead atoms. The van der Waals surface area contributed by atoms with Crippen molar-refractivity contribution in [1.29, 1.82) is 0 Å². The van der Waals surface area contributed by atoms with Crippen LogP contribution in [0, 0.1) is 11.8 Å². The fourth-order valence-electron chi connectivity index (χ4n) is 4.08. The van der Waals surface area contributed by atoms with Crippen molar-refractivity contribution in [3.8, 4) is 11.5 Å². The molecule has 5 heteroatoms. The molecule has 2 unspecified atom stereocenters. The summed E-state index contributed by atoms with van der Waals surface area (Å²) in [6.45, 7) is 4.08. The zero-order chi connectivity index (χ0) is 15.8. The standard InChI is InChI=1S/C18H24N2O3/c1-19-6-4-14-9-18(21)20(7-5-15(14)11-19)10-13-2-3-16-17(8-13)23-12-22-16/h2-3,8,14-15H,4-7,9-12H2,1H3. The Morgan fingerprint density at radius 1 is 1.13 bits per heavy atom. The second kappa shape index (κ2) is 6.04. The first-order chi connectivity index (χ1) is 11.2. The highest BCUT2D eigenvalue weighted by molar-refractivity contribution is 5.76. The molecule has 2 saturated heterocycles. The Hall–Kier alpha value is -1.75. The van der Waals surface area contributed by atoms with E-state index in [1.165, 1.54) is 0 Å². The Morgan fingerprint density at radius 2 is 1.96 bits per heavy atom. The third kappa shape index (κ3) is 3.02. The van der Waals surface area contributed by atoms with Gasteiger partial charge in [-0.15, -0.1) is 0 Å². The van der Waals surface area contributed by atoms with E-state index in [0.717, 1.165) is 49.5 Å². The molecule has 3 aliphatic rings. The number of hydrogen-bond acceptors (Lipinski definition) is 4. The summed E-state index contributed by atoms with van der Waals surface area (Å²) in [6.07, 6.45) is 2.99. The molecule has 0 radical (unpaired) electrons. The molecule has 0 saturated carbocycles. The van der Waals surface area contributed by atoms with Gasteiger partial charge in [0.05, 0.1) is 0 Å². The van der Waals surface area contributed by atoms with Crippen LogP contribution in [0.2, 0.25) is 0 Å². The van der Waals surface area contributed by atoms with E-state index in [-0.39, 0.29) is 6.79 Å². The van der Waals surface area contributed by atoms with Crippen molar-refractivity contribution < 1.29 is 14.3 Å². The molecule has 3 aliphatic heterocycles. The highest BCUT2D eigenvalue weighted by Crippen LogP contribution is 2.34. The molecular weight excluding hydrogens is 292 g/mol. The Labute approximate surface area is 137 Å². The molecule has 4 rings (SSSR count). The molecule has 5 nitrogen and oxygen atoms in total. The number of carbonyl (C=O) groups excluding carboxylic acids is 1. The first kappa shape index (κ1) is 14.8. The van der Waals surface area contributed by atoms with Crippen LogP contribution in [0.5, 0.6) is 11.5 Å². The summed E-state index contributed by atoms with van der Waals surface area (Å²) in [5.74, 6) is 3.13. The number of piperidine rings is 1. The van der Waals surface area contributed by atoms with Gasteiger partial charge in [0.25, 0.3) is 0 Å². The number of carbonyl (C=O) groups is 1. The number of hydrogen-bond donors (Lipinski definition) is 0. The van der Waals surface area contributed by atoms with Crippen molar-refractivity contribution in [2.24, 2.45) is 11.8 Å². The van der Waals surface area contributed by atoms with Crippen LogP contribution in [0.3, 0.4) is 0 Å². The first-order valence-electron chi connectivity index (χ1n) is 8.54. The topological polar surface area (TPSA) is 42.0 Å². The molecule has 0 aliphatic carbocycles. The smallest absolute Gasteiger partial charge is 0.231 e. The summed E-state index contributed by atoms with van der Waals surface area (Å²) >= 11 is 0. The van der Waals surface area contributed by atoms with Crippen LogP contribution in [0.25, 0.3) is 0 Å². The molecule has 23 heavy (non-hydrogen) atoms. The Balaban J connectivity index is 1.45. The average molecular weight is 316 g/mol. The molecule has 2 atom stereocenters. The van der Waals surface area contributed by atoms with Crippen LogP contribution in [0.4, 0.5) is 0 Å². The van der Waals surface area contributed by atoms with E-state index in [1.54, 1.807) is 0 Å². The minimum atomic E-state index is 0.290. The van der Waals surface area contributed by atoms with E-state index in [0.29, 0.717) is 30.7 Å². The van der Waals surface area contributed by atoms with E-state index < -0.39 is 0 Å². The van der Waals surface area contributed by atoms with Gasteiger partial charge in [-0.25, -0.2) is 0 Å². The maximum Gasteiger partial charge on any atom is 0.231 e. The fourth-order valence-corrected chi connectivity index (χ4v) is 4.08. The van der Waals surface area contributed by atoms with Crippen molar-refractivity contribution in [2.75, 3.05) is 33.5 Å². The number of nitrogens with zero attached hydrogens (tertiary/aromatic N) is 2. The molecule has 0 aromatic heterocycles. The number of amides is 1. The van der Waals surface area contributed by atoms with Crippen LogP contribution >= 0.6 is 0 Å². The van der Waals surface area contributed by atoms with Gasteiger partial charge in [0.1, 0.15) is 0 Å². The normalized spacial score (nSPS) is 27.7. The van der Waals surface area contributed by atoms with Crippen molar-refractivity contribution in [1.82, 2.24) is 9.80 Å². The summed E-state index contributed by atoms with van der Waals surface area (Å²) in [4.78, 5) is 17.1. The van der Waals surface area contributed by atoms with Crippen LogP contribution in [-0.2, 0) is 11.3 Å². The van der Waals surface area contributed by atoms with Crippen molar-refractivity contribution in [2.45, 2.75) is 25.8 Å². The lowest BCUT2D eigenvalue weighted by atomic mass is 9.82. The number of likely N-dealkylation sites (tertiary alicyclic amines) is 2. The molecule has 1 aromatic carbocycles. The molecular formula is C18H24N2O3. The zero-order valence-electron chi connectivity index (χ0n) is 13.7. The van der Waals surface area contributed by atoms with Crippen LogP contribution in [0.1, 0.15) is 24.8 Å². The molecule has 3 heterocycles. The molecule has 1 aromatic rings. The average Bonchev–Trinajstić information content (AvgIpc) is 2.95. The minimum absolute atomic E-state index is 0.290. The lowest BCUT2D eigenvalue weighted by Gasteiger charge is -2.35. The first-order valence-corrected chi connectivity index (χ1v) is 8.54. The Bertz CT molecular complexity index is 604.